The highest BCUT2D eigenvalue weighted by Gasteiger charge is 2.31. The lowest BCUT2D eigenvalue weighted by atomic mass is 9.98. The molecule has 8 nitrogen and oxygen atoms in total. The van der Waals surface area contributed by atoms with Crippen LogP contribution in [0.4, 0.5) is 4.39 Å². The molecule has 2 aromatic carbocycles. The molecule has 1 heterocycles. The minimum absolute atomic E-state index is 0.0186. The molecule has 1 aliphatic heterocycles. The van der Waals surface area contributed by atoms with Crippen LogP contribution in [-0.2, 0) is 19.2 Å². The van der Waals surface area contributed by atoms with Gasteiger partial charge in [0, 0.05) is 12.0 Å². The van der Waals surface area contributed by atoms with E-state index in [9.17, 15) is 22.7 Å². The molecule has 1 atom stereocenters. The van der Waals surface area contributed by atoms with Gasteiger partial charge in [-0.1, -0.05) is 47.0 Å². The topological polar surface area (TPSA) is 114 Å². The Morgan fingerprint density at radius 2 is 1.88 bits per heavy atom. The summed E-state index contributed by atoms with van der Waals surface area (Å²) in [5.41, 5.74) is 2.34. The maximum atomic E-state index is 14.9. The number of hydroxylamine groups is 1. The number of carbonyl (C=O) groups is 1. The van der Waals surface area contributed by atoms with Crippen LogP contribution in [0.15, 0.2) is 57.0 Å². The zero-order chi connectivity index (χ0) is 23.6. The van der Waals surface area contributed by atoms with Crippen LogP contribution in [0.3, 0.4) is 0 Å². The summed E-state index contributed by atoms with van der Waals surface area (Å²) in [5.74, 6) is -2.55. The number of nitrogens with one attached hydrogen (secondary N) is 1. The van der Waals surface area contributed by atoms with Crippen molar-refractivity contribution in [2.75, 3.05) is 7.11 Å². The van der Waals surface area contributed by atoms with Crippen molar-refractivity contribution >= 4 is 45.0 Å². The number of aliphatic imine (C=N–C) groups is 1. The fourth-order valence-corrected chi connectivity index (χ4v) is 4.19. The highest BCUT2D eigenvalue weighted by atomic mass is 35.5. The molecule has 1 aliphatic rings. The summed E-state index contributed by atoms with van der Waals surface area (Å²) >= 11 is 12.0. The Balaban J connectivity index is 1.93. The summed E-state index contributed by atoms with van der Waals surface area (Å²) in [6.45, 7) is 1.79. The Morgan fingerprint density at radius 3 is 2.47 bits per heavy atom. The van der Waals surface area contributed by atoms with E-state index in [4.69, 9.17) is 32.2 Å². The largest absolute Gasteiger partial charge is 0.492 e. The van der Waals surface area contributed by atoms with Crippen LogP contribution in [0.2, 0.25) is 5.02 Å². The number of aliphatic carboxylic acids is 1. The summed E-state index contributed by atoms with van der Waals surface area (Å²) in [4.78, 5) is 15.5. The first-order valence-corrected chi connectivity index (χ1v) is 11.2. The minimum Gasteiger partial charge on any atom is -0.492 e. The summed E-state index contributed by atoms with van der Waals surface area (Å²) in [6, 6.07) is 7.52. The second-order valence-corrected chi connectivity index (χ2v) is 9.06. The molecule has 12 heteroatoms. The van der Waals surface area contributed by atoms with Gasteiger partial charge in [-0.25, -0.2) is 9.18 Å². The van der Waals surface area contributed by atoms with Crippen molar-refractivity contribution in [1.82, 2.24) is 5.48 Å². The van der Waals surface area contributed by atoms with E-state index in [1.165, 1.54) is 31.4 Å². The molecule has 0 saturated carbocycles. The highest BCUT2D eigenvalue weighted by molar-refractivity contribution is 7.86. The molecule has 0 radical (unpaired) electrons. The fourth-order valence-electron chi connectivity index (χ4n) is 2.95. The zero-order valence-electron chi connectivity index (χ0n) is 16.7. The lowest BCUT2D eigenvalue weighted by molar-refractivity contribution is -0.129. The van der Waals surface area contributed by atoms with E-state index in [2.05, 4.69) is 10.5 Å². The van der Waals surface area contributed by atoms with E-state index in [0.29, 0.717) is 0 Å². The number of hydrogen-bond acceptors (Lipinski definition) is 7. The second-order valence-electron chi connectivity index (χ2n) is 6.73. The molecule has 170 valence electrons. The first-order chi connectivity index (χ1) is 15.0. The summed E-state index contributed by atoms with van der Waals surface area (Å²) in [5, 5.41) is 9.11. The smallest absolute Gasteiger partial charge is 0.355 e. The number of carboxylic acids is 1. The van der Waals surface area contributed by atoms with Crippen LogP contribution in [0.1, 0.15) is 23.6 Å². The van der Waals surface area contributed by atoms with Gasteiger partial charge in [-0.05, 0) is 25.1 Å². The molecule has 0 fully saturated rings. The molecule has 32 heavy (non-hydrogen) atoms. The molecular formula is C20H17Cl2FN2O6S. The number of dihydropyridines is 1. The lowest BCUT2D eigenvalue weighted by Gasteiger charge is -2.24. The van der Waals surface area contributed by atoms with Gasteiger partial charge in [0.2, 0.25) is 0 Å². The Bertz CT molecular complexity index is 1230. The molecule has 2 aromatic rings. The third-order valence-electron chi connectivity index (χ3n) is 4.58. The standard InChI is InChI=1S/C20H17Cl2FN2O6S/c1-10-3-5-11(6-4-10)32(28,29)31-25-15-9-14(24-18(16(15)22)20(26)27)12-7-8-13(21)19(30-2)17(12)23/h3-8,14,25H,9H2,1-2H3,(H,26,27). The molecule has 0 saturated heterocycles. The van der Waals surface area contributed by atoms with E-state index in [1.54, 1.807) is 19.1 Å². The SMILES string of the molecule is COc1c(Cl)ccc(C2CC(NOS(=O)(=O)c3ccc(C)cc3)=C(Cl)C(C(=O)O)=N2)c1F. The van der Waals surface area contributed by atoms with Crippen molar-refractivity contribution in [3.8, 4) is 5.75 Å². The number of rotatable bonds is 7. The van der Waals surface area contributed by atoms with Gasteiger partial charge >= 0.3 is 16.1 Å². The van der Waals surface area contributed by atoms with Gasteiger partial charge in [-0.15, -0.1) is 4.28 Å². The highest BCUT2D eigenvalue weighted by Crippen LogP contribution is 2.38. The first kappa shape index (κ1) is 24.0. The monoisotopic (exact) mass is 502 g/mol. The molecule has 3 rings (SSSR count). The fraction of sp³-hybridized carbons (Fsp3) is 0.200. The molecule has 2 N–H and O–H groups in total. The number of ether oxygens (including phenoxy) is 1. The van der Waals surface area contributed by atoms with Crippen molar-refractivity contribution in [2.45, 2.75) is 24.3 Å². The number of benzene rings is 2. The molecule has 0 aliphatic carbocycles. The van der Waals surface area contributed by atoms with Gasteiger partial charge in [-0.3, -0.25) is 10.5 Å². The third-order valence-corrected chi connectivity index (χ3v) is 6.44. The van der Waals surface area contributed by atoms with E-state index < -0.39 is 33.7 Å². The van der Waals surface area contributed by atoms with E-state index in [0.717, 1.165) is 5.56 Å². The quantitative estimate of drug-likeness (QED) is 0.547. The van der Waals surface area contributed by atoms with E-state index in [1.807, 2.05) is 0 Å². The Morgan fingerprint density at radius 1 is 1.22 bits per heavy atom. The molecule has 0 aromatic heterocycles. The lowest BCUT2D eigenvalue weighted by Crippen LogP contribution is -2.28. The van der Waals surface area contributed by atoms with Gasteiger partial charge in [-0.2, -0.15) is 8.42 Å². The molecule has 0 spiro atoms. The Kier molecular flexibility index (Phi) is 7.09. The van der Waals surface area contributed by atoms with Crippen LogP contribution >= 0.6 is 23.2 Å². The van der Waals surface area contributed by atoms with Crippen molar-refractivity contribution in [1.29, 1.82) is 0 Å². The number of nitrogens with zero attached hydrogens (tertiary/aromatic N) is 1. The van der Waals surface area contributed by atoms with Gasteiger partial charge in [0.05, 0.1) is 33.8 Å². The average Bonchev–Trinajstić information content (AvgIpc) is 2.74. The normalized spacial score (nSPS) is 16.5. The molecule has 1 unspecified atom stereocenters. The summed E-state index contributed by atoms with van der Waals surface area (Å²) in [7, 11) is -3.02. The number of halogens is 3. The average molecular weight is 503 g/mol. The maximum absolute atomic E-state index is 14.9. The van der Waals surface area contributed by atoms with Gasteiger partial charge in [0.1, 0.15) is 0 Å². The van der Waals surface area contributed by atoms with Gasteiger partial charge < -0.3 is 9.84 Å². The van der Waals surface area contributed by atoms with Crippen molar-refractivity contribution < 1.29 is 31.7 Å². The number of hydrogen-bond donors (Lipinski definition) is 2. The van der Waals surface area contributed by atoms with Gasteiger partial charge in [0.25, 0.3) is 0 Å². The van der Waals surface area contributed by atoms with E-state index in [-0.39, 0.29) is 38.4 Å². The molecule has 0 amide bonds. The molecule has 0 bridgehead atoms. The Hall–Kier alpha value is -2.66. The molecular weight excluding hydrogens is 486 g/mol. The second kappa shape index (κ2) is 9.45. The predicted octanol–water partition coefficient (Wildman–Crippen LogP) is 4.13. The maximum Gasteiger partial charge on any atom is 0.355 e. The first-order valence-electron chi connectivity index (χ1n) is 9.03. The van der Waals surface area contributed by atoms with E-state index >= 15 is 0 Å². The zero-order valence-corrected chi connectivity index (χ0v) is 19.1. The van der Waals surface area contributed by atoms with Crippen molar-refractivity contribution in [3.05, 3.63) is 69.1 Å². The predicted molar refractivity (Wildman–Crippen MR) is 116 cm³/mol. The van der Waals surface area contributed by atoms with Crippen LogP contribution in [0.5, 0.6) is 5.75 Å². The summed E-state index contributed by atoms with van der Waals surface area (Å²) in [6.07, 6.45) is -0.180. The number of carboxylic acid groups (broad SMARTS) is 1. The van der Waals surface area contributed by atoms with Crippen LogP contribution in [0.25, 0.3) is 0 Å². The third kappa shape index (κ3) is 4.88. The summed E-state index contributed by atoms with van der Waals surface area (Å²) < 4.78 is 49.6. The van der Waals surface area contributed by atoms with Crippen LogP contribution in [-0.4, -0.2) is 32.3 Å². The van der Waals surface area contributed by atoms with Crippen molar-refractivity contribution in [2.24, 2.45) is 4.99 Å². The van der Waals surface area contributed by atoms with Crippen LogP contribution < -0.4 is 10.2 Å². The van der Waals surface area contributed by atoms with Crippen molar-refractivity contribution in [3.63, 3.8) is 0 Å². The van der Waals surface area contributed by atoms with Crippen LogP contribution in [0, 0.1) is 12.7 Å². The van der Waals surface area contributed by atoms with Gasteiger partial charge in [0.15, 0.2) is 17.3 Å². The number of aryl methyl sites for hydroxylation is 1. The Labute approximate surface area is 193 Å². The minimum atomic E-state index is -4.25. The number of methoxy groups -OCH3 is 1.